The highest BCUT2D eigenvalue weighted by atomic mass is 32.1. The van der Waals surface area contributed by atoms with Crippen molar-refractivity contribution < 1.29 is 5.11 Å². The Labute approximate surface area is 86.9 Å². The predicted molar refractivity (Wildman–Crippen MR) is 58.2 cm³/mol. The summed E-state index contributed by atoms with van der Waals surface area (Å²) in [6.07, 6.45) is 1.72. The molecule has 1 aromatic heterocycles. The molecule has 0 radical (unpaired) electrons. The molecule has 0 unspecified atom stereocenters. The molecule has 0 saturated carbocycles. The minimum absolute atomic E-state index is 0.0729. The van der Waals surface area contributed by atoms with Crippen LogP contribution >= 0.6 is 11.3 Å². The second kappa shape index (κ2) is 3.90. The predicted octanol–water partition coefficient (Wildman–Crippen LogP) is 2.61. The fourth-order valence-electron chi connectivity index (χ4n) is 1.21. The molecule has 3 heteroatoms. The van der Waals surface area contributed by atoms with Crippen LogP contribution in [0.15, 0.2) is 30.5 Å². The number of aromatic nitrogens is 1. The zero-order valence-electron chi connectivity index (χ0n) is 7.90. The van der Waals surface area contributed by atoms with E-state index in [0.29, 0.717) is 0 Å². The lowest BCUT2D eigenvalue weighted by molar-refractivity contribution is 0.285. The van der Waals surface area contributed by atoms with E-state index in [1.807, 2.05) is 0 Å². The van der Waals surface area contributed by atoms with Crippen LogP contribution in [0, 0.1) is 6.92 Å². The van der Waals surface area contributed by atoms with E-state index in [2.05, 4.69) is 36.2 Å². The van der Waals surface area contributed by atoms with Crippen LogP contribution < -0.4 is 0 Å². The molecule has 72 valence electrons. The van der Waals surface area contributed by atoms with Crippen LogP contribution in [0.25, 0.3) is 10.6 Å². The maximum Gasteiger partial charge on any atom is 0.123 e. The van der Waals surface area contributed by atoms with Gasteiger partial charge in [0, 0.05) is 11.8 Å². The number of benzene rings is 1. The largest absolute Gasteiger partial charge is 0.391 e. The van der Waals surface area contributed by atoms with Crippen LogP contribution in [0.4, 0.5) is 0 Å². The molecule has 14 heavy (non-hydrogen) atoms. The Balaban J connectivity index is 2.34. The van der Waals surface area contributed by atoms with E-state index in [1.165, 1.54) is 16.9 Å². The highest BCUT2D eigenvalue weighted by Crippen LogP contribution is 2.25. The van der Waals surface area contributed by atoms with Gasteiger partial charge < -0.3 is 5.11 Å². The van der Waals surface area contributed by atoms with E-state index >= 15 is 0 Å². The minimum atomic E-state index is 0.0729. The number of thiazole rings is 1. The molecule has 0 atom stereocenters. The number of nitrogens with zero attached hydrogens (tertiary/aromatic N) is 1. The molecule has 0 aliphatic carbocycles. The van der Waals surface area contributed by atoms with Crippen molar-refractivity contribution in [2.45, 2.75) is 13.5 Å². The van der Waals surface area contributed by atoms with Crippen molar-refractivity contribution in [2.75, 3.05) is 0 Å². The number of hydrogen-bond donors (Lipinski definition) is 1. The molecule has 2 rings (SSSR count). The summed E-state index contributed by atoms with van der Waals surface area (Å²) in [5.41, 5.74) is 2.35. The lowest BCUT2D eigenvalue weighted by Crippen LogP contribution is -1.75. The van der Waals surface area contributed by atoms with E-state index in [1.54, 1.807) is 6.20 Å². The van der Waals surface area contributed by atoms with Crippen LogP contribution in [-0.4, -0.2) is 10.1 Å². The lowest BCUT2D eigenvalue weighted by Gasteiger charge is -1.96. The summed E-state index contributed by atoms with van der Waals surface area (Å²) in [5.74, 6) is 0. The van der Waals surface area contributed by atoms with Crippen molar-refractivity contribution >= 4 is 11.3 Å². The minimum Gasteiger partial charge on any atom is -0.391 e. The summed E-state index contributed by atoms with van der Waals surface area (Å²) in [4.78, 5) is 5.15. The van der Waals surface area contributed by atoms with E-state index < -0.39 is 0 Å². The Bertz CT molecular complexity index is 419. The number of aliphatic hydroxyl groups excluding tert-OH is 1. The first-order chi connectivity index (χ1) is 6.79. The van der Waals surface area contributed by atoms with Crippen molar-refractivity contribution in [3.63, 3.8) is 0 Å². The molecule has 0 fully saturated rings. The summed E-state index contributed by atoms with van der Waals surface area (Å²) < 4.78 is 0. The van der Waals surface area contributed by atoms with E-state index in [-0.39, 0.29) is 6.61 Å². The van der Waals surface area contributed by atoms with Crippen LogP contribution in [0.5, 0.6) is 0 Å². The number of hydrogen-bond acceptors (Lipinski definition) is 3. The van der Waals surface area contributed by atoms with Gasteiger partial charge in [-0.15, -0.1) is 11.3 Å². The van der Waals surface area contributed by atoms with Gasteiger partial charge in [0.15, 0.2) is 0 Å². The normalized spacial score (nSPS) is 10.4. The van der Waals surface area contributed by atoms with Gasteiger partial charge in [-0.2, -0.15) is 0 Å². The molecule has 1 aromatic carbocycles. The quantitative estimate of drug-likeness (QED) is 0.817. The third-order valence-electron chi connectivity index (χ3n) is 2.01. The standard InChI is InChI=1S/C11H11NOS/c1-8-2-4-9(5-3-8)11-12-6-10(7-13)14-11/h2-6,13H,7H2,1H3. The van der Waals surface area contributed by atoms with Crippen molar-refractivity contribution in [3.8, 4) is 10.6 Å². The second-order valence-electron chi connectivity index (χ2n) is 3.16. The fourth-order valence-corrected chi connectivity index (χ4v) is 1.99. The third kappa shape index (κ3) is 1.84. The molecule has 0 aliphatic heterocycles. The Morgan fingerprint density at radius 2 is 2.00 bits per heavy atom. The van der Waals surface area contributed by atoms with Gasteiger partial charge in [-0.1, -0.05) is 29.8 Å². The van der Waals surface area contributed by atoms with Gasteiger partial charge in [-0.3, -0.25) is 0 Å². The Morgan fingerprint density at radius 3 is 2.57 bits per heavy atom. The Hall–Kier alpha value is -1.19. The van der Waals surface area contributed by atoms with Crippen LogP contribution in [0.2, 0.25) is 0 Å². The van der Waals surface area contributed by atoms with E-state index in [9.17, 15) is 0 Å². The first-order valence-corrected chi connectivity index (χ1v) is 5.24. The molecule has 1 heterocycles. The van der Waals surface area contributed by atoms with Gasteiger partial charge in [0.2, 0.25) is 0 Å². The molecule has 0 aliphatic rings. The molecule has 0 spiro atoms. The highest BCUT2D eigenvalue weighted by Gasteiger charge is 2.02. The number of aryl methyl sites for hydroxylation is 1. The smallest absolute Gasteiger partial charge is 0.123 e. The maximum absolute atomic E-state index is 8.91. The van der Waals surface area contributed by atoms with Crippen LogP contribution in [0.1, 0.15) is 10.4 Å². The van der Waals surface area contributed by atoms with Crippen molar-refractivity contribution in [1.82, 2.24) is 4.98 Å². The maximum atomic E-state index is 8.91. The summed E-state index contributed by atoms with van der Waals surface area (Å²) in [5, 5.41) is 9.88. The van der Waals surface area contributed by atoms with Crippen molar-refractivity contribution in [2.24, 2.45) is 0 Å². The average Bonchev–Trinajstić information content (AvgIpc) is 2.67. The number of aliphatic hydroxyl groups is 1. The zero-order valence-corrected chi connectivity index (χ0v) is 8.71. The SMILES string of the molecule is Cc1ccc(-c2ncc(CO)s2)cc1. The van der Waals surface area contributed by atoms with Gasteiger partial charge in [-0.05, 0) is 6.92 Å². The highest BCUT2D eigenvalue weighted by molar-refractivity contribution is 7.15. The summed E-state index contributed by atoms with van der Waals surface area (Å²) in [7, 11) is 0. The van der Waals surface area contributed by atoms with Crippen LogP contribution in [0.3, 0.4) is 0 Å². The van der Waals surface area contributed by atoms with Crippen molar-refractivity contribution in [1.29, 1.82) is 0 Å². The molecular weight excluding hydrogens is 194 g/mol. The van der Waals surface area contributed by atoms with Crippen molar-refractivity contribution in [3.05, 3.63) is 40.9 Å². The Kier molecular flexibility index (Phi) is 2.61. The van der Waals surface area contributed by atoms with Crippen LogP contribution in [-0.2, 0) is 6.61 Å². The summed E-state index contributed by atoms with van der Waals surface area (Å²) >= 11 is 1.53. The van der Waals surface area contributed by atoms with E-state index in [4.69, 9.17) is 5.11 Å². The van der Waals surface area contributed by atoms with E-state index in [0.717, 1.165) is 15.4 Å². The zero-order chi connectivity index (χ0) is 9.97. The summed E-state index contributed by atoms with van der Waals surface area (Å²) in [6.45, 7) is 2.13. The van der Waals surface area contributed by atoms with Gasteiger partial charge in [0.25, 0.3) is 0 Å². The van der Waals surface area contributed by atoms with Gasteiger partial charge >= 0.3 is 0 Å². The number of rotatable bonds is 2. The molecule has 2 nitrogen and oxygen atoms in total. The molecule has 0 bridgehead atoms. The first-order valence-electron chi connectivity index (χ1n) is 4.42. The third-order valence-corrected chi connectivity index (χ3v) is 3.04. The van der Waals surface area contributed by atoms with Gasteiger partial charge in [0.1, 0.15) is 5.01 Å². The monoisotopic (exact) mass is 205 g/mol. The topological polar surface area (TPSA) is 33.1 Å². The molecule has 2 aromatic rings. The van der Waals surface area contributed by atoms with Gasteiger partial charge in [0.05, 0.1) is 11.5 Å². The first kappa shape index (κ1) is 9.37. The molecular formula is C11H11NOS. The second-order valence-corrected chi connectivity index (χ2v) is 4.27. The van der Waals surface area contributed by atoms with Gasteiger partial charge in [-0.25, -0.2) is 4.98 Å². The Morgan fingerprint density at radius 1 is 1.29 bits per heavy atom. The molecule has 0 amide bonds. The molecule has 1 N–H and O–H groups in total. The average molecular weight is 205 g/mol. The summed E-state index contributed by atoms with van der Waals surface area (Å²) in [6, 6.07) is 8.23. The fraction of sp³-hybridized carbons (Fsp3) is 0.182. The molecule has 0 saturated heterocycles. The lowest BCUT2D eigenvalue weighted by atomic mass is 10.2.